The summed E-state index contributed by atoms with van der Waals surface area (Å²) >= 11 is 0. The van der Waals surface area contributed by atoms with Crippen LogP contribution in [0.15, 0.2) is 60.7 Å². The fourth-order valence-electron chi connectivity index (χ4n) is 5.84. The molecular formula is C30H35F2NO2. The summed E-state index contributed by atoms with van der Waals surface area (Å²) in [5.74, 6) is 0.0992. The molecule has 0 aliphatic carbocycles. The topological polar surface area (TPSA) is 21.7 Å². The van der Waals surface area contributed by atoms with Crippen molar-refractivity contribution in [2.24, 2.45) is 0 Å². The fourth-order valence-corrected chi connectivity index (χ4v) is 5.84. The van der Waals surface area contributed by atoms with E-state index in [1.807, 2.05) is 48.4 Å². The number of nitrogens with zero attached hydrogens (tertiary/aromatic N) is 1. The van der Waals surface area contributed by atoms with Crippen LogP contribution < -0.4 is 4.74 Å². The van der Waals surface area contributed by atoms with Crippen LogP contribution in [0.25, 0.3) is 22.3 Å². The largest absolute Gasteiger partial charge is 0.494 e. The van der Waals surface area contributed by atoms with Crippen LogP contribution in [-0.4, -0.2) is 29.9 Å². The van der Waals surface area contributed by atoms with Crippen LogP contribution >= 0.6 is 0 Å². The van der Waals surface area contributed by atoms with Crippen molar-refractivity contribution in [3.05, 3.63) is 77.9 Å². The minimum Gasteiger partial charge on any atom is -0.494 e. The van der Waals surface area contributed by atoms with E-state index in [1.54, 1.807) is 25.3 Å². The van der Waals surface area contributed by atoms with Crippen LogP contribution in [0.3, 0.4) is 0 Å². The van der Waals surface area contributed by atoms with Gasteiger partial charge in [0.15, 0.2) is 0 Å². The van der Waals surface area contributed by atoms with Crippen molar-refractivity contribution in [3.8, 4) is 28.0 Å². The molecule has 0 radical (unpaired) electrons. The Labute approximate surface area is 207 Å². The van der Waals surface area contributed by atoms with E-state index < -0.39 is 0 Å². The SMILES string of the molecule is CCOc1ccc(-c2ccc(-c3ccc(C4CC(C)(C)N(OC)C(C)(C)C4)c(F)c3)cc2)c(F)c1. The van der Waals surface area contributed by atoms with Crippen molar-refractivity contribution < 1.29 is 18.4 Å². The van der Waals surface area contributed by atoms with E-state index in [-0.39, 0.29) is 28.6 Å². The van der Waals surface area contributed by atoms with Gasteiger partial charge in [0.2, 0.25) is 0 Å². The lowest BCUT2D eigenvalue weighted by atomic mass is 9.72. The lowest BCUT2D eigenvalue weighted by Crippen LogP contribution is -2.59. The van der Waals surface area contributed by atoms with Gasteiger partial charge >= 0.3 is 0 Å². The third kappa shape index (κ3) is 5.12. The minimum atomic E-state index is -0.329. The first-order valence-corrected chi connectivity index (χ1v) is 12.2. The van der Waals surface area contributed by atoms with Crippen LogP contribution in [0.4, 0.5) is 8.78 Å². The molecule has 0 bridgehead atoms. The van der Waals surface area contributed by atoms with Crippen molar-refractivity contribution in [2.75, 3.05) is 13.7 Å². The summed E-state index contributed by atoms with van der Waals surface area (Å²) in [6.07, 6.45) is 1.62. The normalized spacial score (nSPS) is 17.9. The zero-order chi connectivity index (χ0) is 25.4. The van der Waals surface area contributed by atoms with Gasteiger partial charge in [0, 0.05) is 22.7 Å². The van der Waals surface area contributed by atoms with E-state index in [1.165, 1.54) is 6.07 Å². The number of rotatable bonds is 6. The van der Waals surface area contributed by atoms with Crippen LogP contribution in [0, 0.1) is 11.6 Å². The summed E-state index contributed by atoms with van der Waals surface area (Å²) in [6.45, 7) is 10.9. The number of hydroxylamine groups is 2. The highest BCUT2D eigenvalue weighted by Crippen LogP contribution is 2.46. The predicted molar refractivity (Wildman–Crippen MR) is 137 cm³/mol. The molecule has 4 rings (SSSR count). The van der Waals surface area contributed by atoms with Crippen LogP contribution in [-0.2, 0) is 4.84 Å². The summed E-state index contributed by atoms with van der Waals surface area (Å²) in [6, 6.07) is 18.0. The molecule has 1 saturated heterocycles. The minimum absolute atomic E-state index is 0.102. The summed E-state index contributed by atoms with van der Waals surface area (Å²) in [4.78, 5) is 5.69. The maximum absolute atomic E-state index is 15.4. The average molecular weight is 480 g/mol. The van der Waals surface area contributed by atoms with Gasteiger partial charge in [-0.25, -0.2) is 8.78 Å². The maximum Gasteiger partial charge on any atom is 0.134 e. The van der Waals surface area contributed by atoms with Crippen LogP contribution in [0.1, 0.15) is 58.9 Å². The number of benzene rings is 3. The van der Waals surface area contributed by atoms with E-state index in [2.05, 4.69) is 27.7 Å². The monoisotopic (exact) mass is 479 g/mol. The number of halogens is 2. The highest BCUT2D eigenvalue weighted by Gasteiger charge is 2.46. The van der Waals surface area contributed by atoms with Gasteiger partial charge in [0.05, 0.1) is 13.7 Å². The third-order valence-electron chi connectivity index (χ3n) is 7.00. The Morgan fingerprint density at radius 3 is 1.94 bits per heavy atom. The molecule has 0 saturated carbocycles. The second-order valence-electron chi connectivity index (χ2n) is 10.6. The first-order chi connectivity index (χ1) is 16.6. The maximum atomic E-state index is 15.4. The van der Waals surface area contributed by atoms with Crippen molar-refractivity contribution >= 4 is 0 Å². The van der Waals surface area contributed by atoms with Gasteiger partial charge in [-0.15, -0.1) is 0 Å². The summed E-state index contributed by atoms with van der Waals surface area (Å²) in [5, 5.41) is 2.04. The Morgan fingerprint density at radius 2 is 1.40 bits per heavy atom. The molecule has 186 valence electrons. The molecule has 1 aliphatic heterocycles. The van der Waals surface area contributed by atoms with Crippen molar-refractivity contribution in [1.29, 1.82) is 0 Å². The molecule has 1 aliphatic rings. The quantitative estimate of drug-likeness (QED) is 0.358. The molecule has 3 aromatic carbocycles. The first-order valence-electron chi connectivity index (χ1n) is 12.2. The molecule has 0 aromatic heterocycles. The number of hydrogen-bond donors (Lipinski definition) is 0. The fraction of sp³-hybridized carbons (Fsp3) is 0.400. The van der Waals surface area contributed by atoms with Crippen molar-refractivity contribution in [3.63, 3.8) is 0 Å². The molecule has 5 heteroatoms. The van der Waals surface area contributed by atoms with Gasteiger partial charge in [-0.2, -0.15) is 5.06 Å². The summed E-state index contributed by atoms with van der Waals surface area (Å²) < 4.78 is 35.3. The number of ether oxygens (including phenoxy) is 1. The molecular weight excluding hydrogens is 444 g/mol. The first kappa shape index (κ1) is 25.3. The number of piperidine rings is 1. The molecule has 35 heavy (non-hydrogen) atoms. The van der Waals surface area contributed by atoms with Crippen molar-refractivity contribution in [1.82, 2.24) is 5.06 Å². The van der Waals surface area contributed by atoms with E-state index in [4.69, 9.17) is 9.57 Å². The molecule has 0 atom stereocenters. The zero-order valence-corrected chi connectivity index (χ0v) is 21.5. The zero-order valence-electron chi connectivity index (χ0n) is 21.5. The molecule has 3 aromatic rings. The predicted octanol–water partition coefficient (Wildman–Crippen LogP) is 8.00. The van der Waals surface area contributed by atoms with E-state index in [0.717, 1.165) is 35.1 Å². The van der Waals surface area contributed by atoms with E-state index in [9.17, 15) is 4.39 Å². The Hall–Kier alpha value is -2.76. The smallest absolute Gasteiger partial charge is 0.134 e. The Balaban J connectivity index is 1.56. The van der Waals surface area contributed by atoms with Gasteiger partial charge in [-0.05, 0) is 93.8 Å². The molecule has 0 amide bonds. The molecule has 1 fully saturated rings. The second-order valence-corrected chi connectivity index (χ2v) is 10.6. The van der Waals surface area contributed by atoms with Gasteiger partial charge in [-0.1, -0.05) is 36.4 Å². The third-order valence-corrected chi connectivity index (χ3v) is 7.00. The highest BCUT2D eigenvalue weighted by molar-refractivity contribution is 5.71. The van der Waals surface area contributed by atoms with E-state index in [0.29, 0.717) is 17.9 Å². The van der Waals surface area contributed by atoms with Gasteiger partial charge in [-0.3, -0.25) is 0 Å². The molecule has 0 unspecified atom stereocenters. The Bertz CT molecular complexity index is 1170. The molecule has 0 N–H and O–H groups in total. The molecule has 0 spiro atoms. The van der Waals surface area contributed by atoms with Gasteiger partial charge in [0.25, 0.3) is 0 Å². The van der Waals surface area contributed by atoms with Gasteiger partial charge < -0.3 is 9.57 Å². The lowest BCUT2D eigenvalue weighted by Gasteiger charge is -2.53. The number of hydrogen-bond acceptors (Lipinski definition) is 3. The van der Waals surface area contributed by atoms with E-state index >= 15 is 4.39 Å². The highest BCUT2D eigenvalue weighted by atomic mass is 19.1. The van der Waals surface area contributed by atoms with Crippen LogP contribution in [0.5, 0.6) is 5.75 Å². The Morgan fingerprint density at radius 1 is 0.800 bits per heavy atom. The molecule has 1 heterocycles. The second kappa shape index (κ2) is 9.71. The van der Waals surface area contributed by atoms with Gasteiger partial charge in [0.1, 0.15) is 17.4 Å². The standard InChI is InChI=1S/C30H35F2NO2/c1-7-35-24-13-15-25(28(32)17-24)21-10-8-20(9-11-21)22-12-14-26(27(31)16-22)23-18-29(2,3)33(34-6)30(4,5)19-23/h8-17,23H,7,18-19H2,1-6H3. The Kier molecular flexibility index (Phi) is 7.03. The summed E-state index contributed by atoms with van der Waals surface area (Å²) in [7, 11) is 1.70. The summed E-state index contributed by atoms with van der Waals surface area (Å²) in [5.41, 5.74) is 3.29. The molecule has 3 nitrogen and oxygen atoms in total. The van der Waals surface area contributed by atoms with Crippen LogP contribution in [0.2, 0.25) is 0 Å². The average Bonchev–Trinajstić information content (AvgIpc) is 2.78. The van der Waals surface area contributed by atoms with Crippen molar-refractivity contribution in [2.45, 2.75) is 64.5 Å². The lowest BCUT2D eigenvalue weighted by molar-refractivity contribution is -0.266.